The van der Waals surface area contributed by atoms with Crippen molar-refractivity contribution < 1.29 is 9.47 Å². The van der Waals surface area contributed by atoms with Crippen LogP contribution in [0.5, 0.6) is 11.5 Å². The summed E-state index contributed by atoms with van der Waals surface area (Å²) in [4.78, 5) is 2.29. The van der Waals surface area contributed by atoms with Gasteiger partial charge >= 0.3 is 0 Å². The van der Waals surface area contributed by atoms with Gasteiger partial charge in [0.05, 0.1) is 14.2 Å². The summed E-state index contributed by atoms with van der Waals surface area (Å²) in [6.45, 7) is 6.47. The Kier molecular flexibility index (Phi) is 10.2. The van der Waals surface area contributed by atoms with Crippen molar-refractivity contribution in [1.29, 1.82) is 0 Å². The molecule has 0 heterocycles. The minimum absolute atomic E-state index is 0.703. The first kappa shape index (κ1) is 20.6. The maximum absolute atomic E-state index is 5.64. The standard InChI is InChI=1S/C19H32N2O2S/c1-5-7-9-13-21(14-10-8-6-2)19(24)20-16-11-12-17(22-3)18(15-16)23-4/h11-12,15H,5-10,13-14H2,1-4H3,(H,20,24). The van der Waals surface area contributed by atoms with E-state index < -0.39 is 0 Å². The van der Waals surface area contributed by atoms with Gasteiger partial charge in [0.1, 0.15) is 0 Å². The Morgan fingerprint density at radius 2 is 1.54 bits per heavy atom. The Labute approximate surface area is 152 Å². The number of thiocarbonyl (C=S) groups is 1. The van der Waals surface area contributed by atoms with Gasteiger partial charge in [-0.2, -0.15) is 0 Å². The summed E-state index contributed by atoms with van der Waals surface area (Å²) in [7, 11) is 3.28. The molecular formula is C19H32N2O2S. The highest BCUT2D eigenvalue weighted by Crippen LogP contribution is 2.29. The normalized spacial score (nSPS) is 10.3. The van der Waals surface area contributed by atoms with Gasteiger partial charge in [0.2, 0.25) is 0 Å². The van der Waals surface area contributed by atoms with Crippen LogP contribution >= 0.6 is 12.2 Å². The van der Waals surface area contributed by atoms with E-state index >= 15 is 0 Å². The molecule has 0 amide bonds. The average Bonchev–Trinajstić information content (AvgIpc) is 2.60. The molecule has 136 valence electrons. The number of rotatable bonds is 11. The van der Waals surface area contributed by atoms with E-state index in [1.807, 2.05) is 18.2 Å². The van der Waals surface area contributed by atoms with Crippen LogP contribution < -0.4 is 14.8 Å². The van der Waals surface area contributed by atoms with Crippen molar-refractivity contribution in [3.05, 3.63) is 18.2 Å². The first-order valence-electron chi connectivity index (χ1n) is 8.94. The van der Waals surface area contributed by atoms with Crippen LogP contribution in [0.2, 0.25) is 0 Å². The Morgan fingerprint density at radius 1 is 0.958 bits per heavy atom. The number of benzene rings is 1. The van der Waals surface area contributed by atoms with Gasteiger partial charge in [-0.15, -0.1) is 0 Å². The van der Waals surface area contributed by atoms with Crippen LogP contribution in [0.1, 0.15) is 52.4 Å². The lowest BCUT2D eigenvalue weighted by Gasteiger charge is -2.26. The van der Waals surface area contributed by atoms with E-state index in [0.29, 0.717) is 5.75 Å². The Hall–Kier alpha value is -1.49. The molecule has 0 bridgehead atoms. The summed E-state index contributed by atoms with van der Waals surface area (Å²) in [5, 5.41) is 4.13. The van der Waals surface area contributed by atoms with Crippen molar-refractivity contribution in [3.63, 3.8) is 0 Å². The zero-order chi connectivity index (χ0) is 17.8. The highest BCUT2D eigenvalue weighted by molar-refractivity contribution is 7.80. The van der Waals surface area contributed by atoms with Crippen LogP contribution in [0.4, 0.5) is 5.69 Å². The number of hydrogen-bond donors (Lipinski definition) is 1. The SMILES string of the molecule is CCCCCN(CCCCC)C(=S)Nc1ccc(OC)c(OC)c1. The maximum atomic E-state index is 5.64. The highest BCUT2D eigenvalue weighted by Gasteiger charge is 2.11. The van der Waals surface area contributed by atoms with E-state index in [-0.39, 0.29) is 0 Å². The minimum atomic E-state index is 0.703. The van der Waals surface area contributed by atoms with Gasteiger partial charge in [-0.1, -0.05) is 39.5 Å². The molecule has 1 aromatic rings. The van der Waals surface area contributed by atoms with Crippen LogP contribution in [0, 0.1) is 0 Å². The fourth-order valence-electron chi connectivity index (χ4n) is 2.54. The summed E-state index contributed by atoms with van der Waals surface area (Å²) in [5.74, 6) is 1.42. The fraction of sp³-hybridized carbons (Fsp3) is 0.632. The summed E-state index contributed by atoms with van der Waals surface area (Å²) in [6, 6.07) is 5.77. The van der Waals surface area contributed by atoms with Crippen LogP contribution in [-0.2, 0) is 0 Å². The Bertz CT molecular complexity index is 484. The molecule has 0 spiro atoms. The number of unbranched alkanes of at least 4 members (excludes halogenated alkanes) is 4. The lowest BCUT2D eigenvalue weighted by Crippen LogP contribution is -2.36. The molecule has 0 unspecified atom stereocenters. The van der Waals surface area contributed by atoms with Gasteiger partial charge in [-0.25, -0.2) is 0 Å². The van der Waals surface area contributed by atoms with E-state index in [9.17, 15) is 0 Å². The van der Waals surface area contributed by atoms with Crippen molar-refractivity contribution in [2.45, 2.75) is 52.4 Å². The number of methoxy groups -OCH3 is 2. The number of hydrogen-bond acceptors (Lipinski definition) is 3. The number of nitrogens with zero attached hydrogens (tertiary/aromatic N) is 1. The summed E-state index contributed by atoms with van der Waals surface area (Å²) >= 11 is 5.64. The average molecular weight is 353 g/mol. The molecule has 5 heteroatoms. The third-order valence-electron chi connectivity index (χ3n) is 3.99. The summed E-state index contributed by atoms with van der Waals surface area (Å²) in [5.41, 5.74) is 0.925. The van der Waals surface area contributed by atoms with Crippen molar-refractivity contribution >= 4 is 23.0 Å². The second-order valence-electron chi connectivity index (χ2n) is 5.90. The first-order chi connectivity index (χ1) is 11.7. The van der Waals surface area contributed by atoms with Gasteiger partial charge < -0.3 is 19.7 Å². The first-order valence-corrected chi connectivity index (χ1v) is 9.35. The van der Waals surface area contributed by atoms with Gasteiger partial charge in [0, 0.05) is 24.8 Å². The maximum Gasteiger partial charge on any atom is 0.173 e. The quantitative estimate of drug-likeness (QED) is 0.443. The molecule has 24 heavy (non-hydrogen) atoms. The van der Waals surface area contributed by atoms with E-state index in [2.05, 4.69) is 24.1 Å². The molecule has 4 nitrogen and oxygen atoms in total. The predicted molar refractivity (Wildman–Crippen MR) is 106 cm³/mol. The number of nitrogens with one attached hydrogen (secondary N) is 1. The second kappa shape index (κ2) is 12.0. The molecule has 0 saturated carbocycles. The van der Waals surface area contributed by atoms with E-state index in [1.165, 1.54) is 38.5 Å². The molecule has 0 aliphatic rings. The lowest BCUT2D eigenvalue weighted by atomic mass is 10.2. The van der Waals surface area contributed by atoms with Crippen LogP contribution in [0.15, 0.2) is 18.2 Å². The van der Waals surface area contributed by atoms with Crippen LogP contribution in [0.25, 0.3) is 0 Å². The summed E-state index contributed by atoms with van der Waals surface area (Å²) < 4.78 is 10.6. The van der Waals surface area contributed by atoms with Crippen LogP contribution in [0.3, 0.4) is 0 Å². The van der Waals surface area contributed by atoms with E-state index in [1.54, 1.807) is 14.2 Å². The Morgan fingerprint density at radius 3 is 2.04 bits per heavy atom. The molecule has 0 radical (unpaired) electrons. The molecule has 0 atom stereocenters. The zero-order valence-corrected chi connectivity index (χ0v) is 16.4. The second-order valence-corrected chi connectivity index (χ2v) is 6.29. The third kappa shape index (κ3) is 6.95. The molecule has 0 aromatic heterocycles. The molecular weight excluding hydrogens is 320 g/mol. The Balaban J connectivity index is 2.70. The highest BCUT2D eigenvalue weighted by atomic mass is 32.1. The van der Waals surface area contributed by atoms with Crippen molar-refractivity contribution in [1.82, 2.24) is 4.90 Å². The fourth-order valence-corrected chi connectivity index (χ4v) is 2.84. The number of anilines is 1. The van der Waals surface area contributed by atoms with Crippen molar-refractivity contribution in [2.24, 2.45) is 0 Å². The van der Waals surface area contributed by atoms with E-state index in [4.69, 9.17) is 21.7 Å². The zero-order valence-electron chi connectivity index (χ0n) is 15.6. The summed E-state index contributed by atoms with van der Waals surface area (Å²) in [6.07, 6.45) is 7.27. The molecule has 1 N–H and O–H groups in total. The monoisotopic (exact) mass is 352 g/mol. The molecule has 0 aliphatic carbocycles. The molecule has 1 aromatic carbocycles. The molecule has 0 aliphatic heterocycles. The minimum Gasteiger partial charge on any atom is -0.493 e. The van der Waals surface area contributed by atoms with Crippen molar-refractivity contribution in [2.75, 3.05) is 32.6 Å². The lowest BCUT2D eigenvalue weighted by molar-refractivity contribution is 0.355. The third-order valence-corrected chi connectivity index (χ3v) is 4.35. The molecule has 0 fully saturated rings. The van der Waals surface area contributed by atoms with Gasteiger partial charge in [-0.05, 0) is 37.2 Å². The van der Waals surface area contributed by atoms with Gasteiger partial charge in [-0.3, -0.25) is 0 Å². The van der Waals surface area contributed by atoms with Gasteiger partial charge in [0.15, 0.2) is 16.6 Å². The smallest absolute Gasteiger partial charge is 0.173 e. The largest absolute Gasteiger partial charge is 0.493 e. The van der Waals surface area contributed by atoms with Crippen molar-refractivity contribution in [3.8, 4) is 11.5 Å². The molecule has 1 rings (SSSR count). The molecule has 0 saturated heterocycles. The van der Waals surface area contributed by atoms with Crippen LogP contribution in [-0.4, -0.2) is 37.3 Å². The topological polar surface area (TPSA) is 33.7 Å². The number of ether oxygens (including phenoxy) is 2. The van der Waals surface area contributed by atoms with E-state index in [0.717, 1.165) is 29.6 Å². The van der Waals surface area contributed by atoms with Gasteiger partial charge in [0.25, 0.3) is 0 Å². The predicted octanol–water partition coefficient (Wildman–Crippen LogP) is 5.08.